The normalized spacial score (nSPS) is 11.9. The van der Waals surface area contributed by atoms with E-state index in [2.05, 4.69) is 30.8 Å². The van der Waals surface area contributed by atoms with Crippen molar-refractivity contribution in [3.8, 4) is 5.69 Å². The molecule has 1 amide bonds. The van der Waals surface area contributed by atoms with Crippen LogP contribution < -0.4 is 10.6 Å². The second-order valence-electron chi connectivity index (χ2n) is 7.21. The number of hydrogen-bond donors (Lipinski definition) is 2. The van der Waals surface area contributed by atoms with E-state index in [1.165, 1.54) is 6.33 Å². The second-order valence-corrected chi connectivity index (χ2v) is 7.21. The highest BCUT2D eigenvalue weighted by Crippen LogP contribution is 2.26. The van der Waals surface area contributed by atoms with E-state index < -0.39 is 6.04 Å². The predicted octanol–water partition coefficient (Wildman–Crippen LogP) is 3.96. The molecule has 2 aromatic carbocycles. The molecule has 0 saturated heterocycles. The van der Waals surface area contributed by atoms with Gasteiger partial charge in [-0.15, -0.1) is 0 Å². The molecular weight excluding hydrogens is 404 g/mol. The number of carbonyl (C=O) groups excluding carboxylic acids is 1. The first-order chi connectivity index (χ1) is 15.7. The van der Waals surface area contributed by atoms with Crippen molar-refractivity contribution in [3.05, 3.63) is 85.6 Å². The Bertz CT molecular complexity index is 1360. The van der Waals surface area contributed by atoms with Crippen molar-refractivity contribution in [2.75, 3.05) is 10.6 Å². The average molecular weight is 424 g/mol. The Kier molecular flexibility index (Phi) is 5.04. The Morgan fingerprint density at radius 3 is 2.62 bits per heavy atom. The molecule has 158 valence electrons. The van der Waals surface area contributed by atoms with Crippen molar-refractivity contribution in [2.45, 2.75) is 13.0 Å². The van der Waals surface area contributed by atoms with E-state index in [9.17, 15) is 4.79 Å². The van der Waals surface area contributed by atoms with Gasteiger partial charge in [-0.05, 0) is 43.3 Å². The molecule has 3 aromatic heterocycles. The fraction of sp³-hybridized carbons (Fsp3) is 0.0870. The van der Waals surface area contributed by atoms with Crippen molar-refractivity contribution in [1.82, 2.24) is 29.5 Å². The monoisotopic (exact) mass is 424 g/mol. The van der Waals surface area contributed by atoms with E-state index in [1.54, 1.807) is 40.9 Å². The summed E-state index contributed by atoms with van der Waals surface area (Å²) in [5.74, 6) is 0.477. The van der Waals surface area contributed by atoms with E-state index >= 15 is 0 Å². The molecule has 1 atom stereocenters. The quantitative estimate of drug-likeness (QED) is 0.428. The lowest BCUT2D eigenvalue weighted by molar-refractivity contribution is -0.119. The summed E-state index contributed by atoms with van der Waals surface area (Å²) in [6.45, 7) is 1.80. The molecule has 0 aliphatic rings. The van der Waals surface area contributed by atoms with Crippen LogP contribution in [0.3, 0.4) is 0 Å². The molecule has 0 fully saturated rings. The maximum Gasteiger partial charge on any atom is 0.248 e. The number of carbonyl (C=O) groups is 1. The van der Waals surface area contributed by atoms with Gasteiger partial charge in [-0.2, -0.15) is 10.2 Å². The molecule has 2 N–H and O–H groups in total. The van der Waals surface area contributed by atoms with Crippen LogP contribution >= 0.6 is 0 Å². The van der Waals surface area contributed by atoms with E-state index in [4.69, 9.17) is 0 Å². The third-order valence-electron chi connectivity index (χ3n) is 5.06. The fourth-order valence-corrected chi connectivity index (χ4v) is 3.39. The largest absolute Gasteiger partial charge is 0.339 e. The van der Waals surface area contributed by atoms with Crippen LogP contribution in [0, 0.1) is 0 Å². The smallest absolute Gasteiger partial charge is 0.248 e. The van der Waals surface area contributed by atoms with Crippen LogP contribution in [0.15, 0.2) is 85.6 Å². The van der Waals surface area contributed by atoms with Crippen LogP contribution in [0.5, 0.6) is 0 Å². The Morgan fingerprint density at radius 2 is 1.81 bits per heavy atom. The van der Waals surface area contributed by atoms with Gasteiger partial charge in [0.25, 0.3) is 0 Å². The van der Waals surface area contributed by atoms with Gasteiger partial charge in [-0.1, -0.05) is 24.3 Å². The maximum absolute atomic E-state index is 12.6. The van der Waals surface area contributed by atoms with Crippen LogP contribution in [0.1, 0.15) is 13.0 Å². The summed E-state index contributed by atoms with van der Waals surface area (Å²) < 4.78 is 3.38. The zero-order chi connectivity index (χ0) is 21.9. The summed E-state index contributed by atoms with van der Waals surface area (Å²) in [7, 11) is 0. The molecule has 0 saturated carbocycles. The van der Waals surface area contributed by atoms with E-state index in [1.807, 2.05) is 54.6 Å². The first kappa shape index (κ1) is 19.4. The number of nitrogens with zero attached hydrogens (tertiary/aromatic N) is 6. The SMILES string of the molecule is CC(C(=O)Nc1cccc(Nc2ncnc3c2cnn3-c2ccccc2)c1)n1cccn1. The van der Waals surface area contributed by atoms with Gasteiger partial charge in [0.2, 0.25) is 5.91 Å². The van der Waals surface area contributed by atoms with E-state index in [0.29, 0.717) is 17.2 Å². The molecule has 0 aliphatic carbocycles. The number of para-hydroxylation sites is 1. The number of aromatic nitrogens is 6. The molecule has 5 rings (SSSR count). The second kappa shape index (κ2) is 8.31. The zero-order valence-corrected chi connectivity index (χ0v) is 17.3. The minimum absolute atomic E-state index is 0.153. The highest BCUT2D eigenvalue weighted by molar-refractivity contribution is 5.94. The molecule has 0 radical (unpaired) electrons. The molecular formula is C23H20N8O. The number of amides is 1. The number of hydrogen-bond acceptors (Lipinski definition) is 6. The van der Waals surface area contributed by atoms with Gasteiger partial charge in [0, 0.05) is 23.8 Å². The number of anilines is 3. The number of benzene rings is 2. The van der Waals surface area contributed by atoms with Gasteiger partial charge < -0.3 is 10.6 Å². The van der Waals surface area contributed by atoms with Gasteiger partial charge in [0.1, 0.15) is 18.2 Å². The van der Waals surface area contributed by atoms with Crippen LogP contribution in [0.25, 0.3) is 16.7 Å². The molecule has 9 heteroatoms. The number of fused-ring (bicyclic) bond motifs is 1. The first-order valence-electron chi connectivity index (χ1n) is 10.1. The van der Waals surface area contributed by atoms with Gasteiger partial charge >= 0.3 is 0 Å². The standard InChI is InChI=1S/C23H20N8O/c1-16(30-12-6-11-26-30)23(32)29-18-8-5-7-17(13-18)28-21-20-14-27-31(22(20)25-15-24-21)19-9-3-2-4-10-19/h2-16H,1H3,(H,29,32)(H,24,25,28). The highest BCUT2D eigenvalue weighted by Gasteiger charge is 2.15. The molecule has 0 aliphatic heterocycles. The molecule has 1 unspecified atom stereocenters. The molecule has 3 heterocycles. The minimum Gasteiger partial charge on any atom is -0.339 e. The summed E-state index contributed by atoms with van der Waals surface area (Å²) in [4.78, 5) is 21.4. The summed E-state index contributed by atoms with van der Waals surface area (Å²) in [6.07, 6.45) is 6.65. The molecule has 0 bridgehead atoms. The van der Waals surface area contributed by atoms with Crippen LogP contribution in [-0.4, -0.2) is 35.4 Å². The molecule has 5 aromatic rings. The van der Waals surface area contributed by atoms with Crippen molar-refractivity contribution in [3.63, 3.8) is 0 Å². The minimum atomic E-state index is -0.424. The Labute approximate surface area is 183 Å². The number of nitrogens with one attached hydrogen (secondary N) is 2. The van der Waals surface area contributed by atoms with Crippen LogP contribution in [0.4, 0.5) is 17.2 Å². The maximum atomic E-state index is 12.6. The van der Waals surface area contributed by atoms with Crippen molar-refractivity contribution in [2.24, 2.45) is 0 Å². The third kappa shape index (κ3) is 3.79. The molecule has 32 heavy (non-hydrogen) atoms. The average Bonchev–Trinajstić information content (AvgIpc) is 3.50. The van der Waals surface area contributed by atoms with Crippen molar-refractivity contribution in [1.29, 1.82) is 0 Å². The first-order valence-corrected chi connectivity index (χ1v) is 10.1. The van der Waals surface area contributed by atoms with Gasteiger partial charge in [0.05, 0.1) is 17.3 Å². The summed E-state index contributed by atoms with van der Waals surface area (Å²) in [6, 6.07) is 18.6. The van der Waals surface area contributed by atoms with E-state index in [0.717, 1.165) is 16.8 Å². The summed E-state index contributed by atoms with van der Waals surface area (Å²) >= 11 is 0. The Hall–Kier alpha value is -4.53. The van der Waals surface area contributed by atoms with Crippen LogP contribution in [-0.2, 0) is 4.79 Å². The van der Waals surface area contributed by atoms with Gasteiger partial charge in [-0.3, -0.25) is 9.48 Å². The summed E-state index contributed by atoms with van der Waals surface area (Å²) in [5, 5.41) is 15.6. The number of rotatable bonds is 6. The van der Waals surface area contributed by atoms with E-state index in [-0.39, 0.29) is 5.91 Å². The molecule has 0 spiro atoms. The Morgan fingerprint density at radius 1 is 0.969 bits per heavy atom. The topological polar surface area (TPSA) is 103 Å². The lowest BCUT2D eigenvalue weighted by Crippen LogP contribution is -2.23. The zero-order valence-electron chi connectivity index (χ0n) is 17.3. The van der Waals surface area contributed by atoms with Crippen molar-refractivity contribution >= 4 is 34.1 Å². The van der Waals surface area contributed by atoms with Crippen molar-refractivity contribution < 1.29 is 4.79 Å². The van der Waals surface area contributed by atoms with Crippen LogP contribution in [0.2, 0.25) is 0 Å². The third-order valence-corrected chi connectivity index (χ3v) is 5.06. The molecule has 9 nitrogen and oxygen atoms in total. The van der Waals surface area contributed by atoms with Gasteiger partial charge in [-0.25, -0.2) is 14.6 Å². The lowest BCUT2D eigenvalue weighted by Gasteiger charge is -2.14. The summed E-state index contributed by atoms with van der Waals surface area (Å²) in [5.41, 5.74) is 3.07. The highest BCUT2D eigenvalue weighted by atomic mass is 16.2. The predicted molar refractivity (Wildman–Crippen MR) is 122 cm³/mol. The fourth-order valence-electron chi connectivity index (χ4n) is 3.39. The lowest BCUT2D eigenvalue weighted by atomic mass is 10.2. The van der Waals surface area contributed by atoms with Gasteiger partial charge in [0.15, 0.2) is 5.65 Å². The Balaban J connectivity index is 1.38.